The van der Waals surface area contributed by atoms with Crippen LogP contribution in [0.15, 0.2) is 59.5 Å². The number of aryl methyl sites for hydroxylation is 1. The van der Waals surface area contributed by atoms with E-state index in [0.717, 1.165) is 11.3 Å². The van der Waals surface area contributed by atoms with Crippen LogP contribution in [0.1, 0.15) is 24.1 Å². The van der Waals surface area contributed by atoms with Crippen molar-refractivity contribution < 1.29 is 4.21 Å². The topological polar surface area (TPSA) is 29.1 Å². The minimum absolute atomic E-state index is 0.113. The molecule has 2 rings (SSSR count). The molecule has 0 heterocycles. The summed E-state index contributed by atoms with van der Waals surface area (Å²) in [7, 11) is 0.934. The van der Waals surface area contributed by atoms with E-state index in [1.807, 2.05) is 37.4 Å². The zero-order valence-corrected chi connectivity index (χ0v) is 12.8. The van der Waals surface area contributed by atoms with Gasteiger partial charge in [0.05, 0.1) is 10.8 Å². The molecule has 2 nitrogen and oxygen atoms in total. The zero-order chi connectivity index (χ0) is 14.4. The van der Waals surface area contributed by atoms with Gasteiger partial charge < -0.3 is 5.32 Å². The fraction of sp³-hybridized carbons (Fsp3) is 0.294. The number of nitrogens with one attached hydrogen (secondary N) is 1. The summed E-state index contributed by atoms with van der Waals surface area (Å²) in [5.74, 6) is 0.589. The molecule has 0 amide bonds. The predicted molar refractivity (Wildman–Crippen MR) is 85.3 cm³/mol. The van der Waals surface area contributed by atoms with Crippen LogP contribution < -0.4 is 5.32 Å². The summed E-state index contributed by atoms with van der Waals surface area (Å²) < 4.78 is 12.4. The van der Waals surface area contributed by atoms with Crippen LogP contribution in [-0.4, -0.2) is 17.0 Å². The van der Waals surface area contributed by atoms with Gasteiger partial charge in [-0.05, 0) is 36.7 Å². The smallest absolute Gasteiger partial charge is 0.0548 e. The third-order valence-corrected chi connectivity index (χ3v) is 4.90. The maximum atomic E-state index is 12.4. The Morgan fingerprint density at radius 3 is 2.25 bits per heavy atom. The lowest BCUT2D eigenvalue weighted by Crippen LogP contribution is -2.22. The van der Waals surface area contributed by atoms with Gasteiger partial charge in [0.25, 0.3) is 0 Å². The normalized spacial score (nSPS) is 13.9. The van der Waals surface area contributed by atoms with E-state index in [1.165, 1.54) is 11.1 Å². The van der Waals surface area contributed by atoms with Gasteiger partial charge in [0.15, 0.2) is 0 Å². The number of hydrogen-bond acceptors (Lipinski definition) is 2. The summed E-state index contributed by atoms with van der Waals surface area (Å²) >= 11 is 0. The molecule has 2 unspecified atom stereocenters. The van der Waals surface area contributed by atoms with Gasteiger partial charge in [-0.15, -0.1) is 0 Å². The Morgan fingerprint density at radius 2 is 1.70 bits per heavy atom. The standard InChI is InChI=1S/C17H21NOS/c1-3-14-9-11-15(12-10-14)17(18-2)13-20(19)16-7-5-4-6-8-16/h4-12,17-18H,3,13H2,1-2H3. The second-order valence-corrected chi connectivity index (χ2v) is 6.26. The molecule has 2 aromatic rings. The Hall–Kier alpha value is -1.45. The quantitative estimate of drug-likeness (QED) is 0.883. The first-order valence-corrected chi connectivity index (χ1v) is 8.26. The monoisotopic (exact) mass is 287 g/mol. The molecule has 0 bridgehead atoms. The molecule has 3 heteroatoms. The Labute approximate surface area is 123 Å². The van der Waals surface area contributed by atoms with Gasteiger partial charge in [-0.2, -0.15) is 0 Å². The van der Waals surface area contributed by atoms with Crippen LogP contribution in [0.5, 0.6) is 0 Å². The van der Waals surface area contributed by atoms with Crippen molar-refractivity contribution in [3.8, 4) is 0 Å². The molecule has 2 aromatic carbocycles. The van der Waals surface area contributed by atoms with Gasteiger partial charge in [0, 0.05) is 16.7 Å². The molecule has 0 saturated carbocycles. The van der Waals surface area contributed by atoms with Crippen molar-refractivity contribution in [1.29, 1.82) is 0 Å². The van der Waals surface area contributed by atoms with Crippen LogP contribution in [0.3, 0.4) is 0 Å². The molecule has 0 spiro atoms. The third kappa shape index (κ3) is 3.78. The second kappa shape index (κ2) is 7.36. The summed E-state index contributed by atoms with van der Waals surface area (Å²) in [5.41, 5.74) is 2.52. The highest BCUT2D eigenvalue weighted by Crippen LogP contribution is 2.18. The van der Waals surface area contributed by atoms with Crippen molar-refractivity contribution in [2.24, 2.45) is 0 Å². The molecule has 0 fully saturated rings. The highest BCUT2D eigenvalue weighted by molar-refractivity contribution is 7.85. The molecule has 0 aliphatic rings. The fourth-order valence-electron chi connectivity index (χ4n) is 2.15. The third-order valence-electron chi connectivity index (χ3n) is 3.46. The van der Waals surface area contributed by atoms with Gasteiger partial charge in [-0.3, -0.25) is 4.21 Å². The van der Waals surface area contributed by atoms with E-state index < -0.39 is 10.8 Å². The van der Waals surface area contributed by atoms with Gasteiger partial charge >= 0.3 is 0 Å². The molecule has 2 atom stereocenters. The van der Waals surface area contributed by atoms with Gasteiger partial charge in [0.1, 0.15) is 0 Å². The van der Waals surface area contributed by atoms with Crippen LogP contribution in [0.2, 0.25) is 0 Å². The van der Waals surface area contributed by atoms with E-state index in [2.05, 4.69) is 36.5 Å². The lowest BCUT2D eigenvalue weighted by atomic mass is 10.1. The fourth-order valence-corrected chi connectivity index (χ4v) is 3.47. The lowest BCUT2D eigenvalue weighted by molar-refractivity contribution is 0.635. The van der Waals surface area contributed by atoms with Crippen molar-refractivity contribution in [2.75, 3.05) is 12.8 Å². The summed E-state index contributed by atoms with van der Waals surface area (Å²) in [5, 5.41) is 3.26. The first-order valence-electron chi connectivity index (χ1n) is 6.94. The molecule has 0 aliphatic heterocycles. The number of benzene rings is 2. The SMILES string of the molecule is CCc1ccc(C(CS(=O)c2ccccc2)NC)cc1. The van der Waals surface area contributed by atoms with Crippen molar-refractivity contribution in [3.05, 3.63) is 65.7 Å². The molecule has 106 valence electrons. The van der Waals surface area contributed by atoms with Gasteiger partial charge in [0.2, 0.25) is 0 Å². The lowest BCUT2D eigenvalue weighted by Gasteiger charge is -2.16. The van der Waals surface area contributed by atoms with E-state index in [1.54, 1.807) is 0 Å². The molecular weight excluding hydrogens is 266 g/mol. The van der Waals surface area contributed by atoms with Crippen LogP contribution >= 0.6 is 0 Å². The van der Waals surface area contributed by atoms with E-state index >= 15 is 0 Å². The van der Waals surface area contributed by atoms with Crippen LogP contribution in [-0.2, 0) is 17.2 Å². The Morgan fingerprint density at radius 1 is 1.05 bits per heavy atom. The van der Waals surface area contributed by atoms with Crippen LogP contribution in [0.25, 0.3) is 0 Å². The minimum atomic E-state index is -0.983. The summed E-state index contributed by atoms with van der Waals surface area (Å²) in [6.07, 6.45) is 1.04. The molecular formula is C17H21NOS. The maximum Gasteiger partial charge on any atom is 0.0548 e. The van der Waals surface area contributed by atoms with E-state index in [0.29, 0.717) is 5.75 Å². The zero-order valence-electron chi connectivity index (χ0n) is 12.0. The van der Waals surface area contributed by atoms with Crippen molar-refractivity contribution in [1.82, 2.24) is 5.32 Å². The molecule has 1 N–H and O–H groups in total. The first-order chi connectivity index (χ1) is 9.74. The highest BCUT2D eigenvalue weighted by atomic mass is 32.2. The van der Waals surface area contributed by atoms with Crippen LogP contribution in [0.4, 0.5) is 0 Å². The highest BCUT2D eigenvalue weighted by Gasteiger charge is 2.14. The first kappa shape index (κ1) is 14.9. The van der Waals surface area contributed by atoms with E-state index in [9.17, 15) is 4.21 Å². The van der Waals surface area contributed by atoms with Crippen molar-refractivity contribution >= 4 is 10.8 Å². The van der Waals surface area contributed by atoms with Crippen LogP contribution in [0, 0.1) is 0 Å². The van der Waals surface area contributed by atoms with E-state index in [4.69, 9.17) is 0 Å². The molecule has 0 aliphatic carbocycles. The Balaban J connectivity index is 2.10. The minimum Gasteiger partial charge on any atom is -0.312 e. The molecule has 0 saturated heterocycles. The number of hydrogen-bond donors (Lipinski definition) is 1. The summed E-state index contributed by atoms with van der Waals surface area (Å²) in [6.45, 7) is 2.15. The van der Waals surface area contributed by atoms with E-state index in [-0.39, 0.29) is 6.04 Å². The number of rotatable bonds is 6. The predicted octanol–water partition coefficient (Wildman–Crippen LogP) is 3.32. The molecule has 20 heavy (non-hydrogen) atoms. The largest absolute Gasteiger partial charge is 0.312 e. The second-order valence-electron chi connectivity index (χ2n) is 4.76. The summed E-state index contributed by atoms with van der Waals surface area (Å²) in [6, 6.07) is 18.3. The Bertz CT molecular complexity index is 551. The van der Waals surface area contributed by atoms with Gasteiger partial charge in [-0.25, -0.2) is 0 Å². The molecule has 0 radical (unpaired) electrons. The summed E-state index contributed by atoms with van der Waals surface area (Å²) in [4.78, 5) is 0.887. The average molecular weight is 287 g/mol. The van der Waals surface area contributed by atoms with Gasteiger partial charge in [-0.1, -0.05) is 49.4 Å². The Kier molecular flexibility index (Phi) is 5.50. The van der Waals surface area contributed by atoms with Crippen molar-refractivity contribution in [3.63, 3.8) is 0 Å². The van der Waals surface area contributed by atoms with Crippen molar-refractivity contribution in [2.45, 2.75) is 24.3 Å². The molecule has 0 aromatic heterocycles. The average Bonchev–Trinajstić information content (AvgIpc) is 2.53. The maximum absolute atomic E-state index is 12.4.